The van der Waals surface area contributed by atoms with Crippen molar-refractivity contribution in [2.45, 2.75) is 0 Å². The van der Waals surface area contributed by atoms with Crippen molar-refractivity contribution >= 4 is 0 Å². The Bertz CT molecular complexity index is 3.61. The zero-order valence-corrected chi connectivity index (χ0v) is 10.6. The molecule has 0 aliphatic heterocycles. The molecule has 0 bridgehead atoms. The molecular formula is Br4Ir. The van der Waals surface area contributed by atoms with Crippen LogP contribution in [-0.2, 0) is 20.1 Å². The van der Waals surface area contributed by atoms with Crippen LogP contribution in [0.25, 0.3) is 0 Å². The quantitative estimate of drug-likeness (QED) is 0.303. The summed E-state index contributed by atoms with van der Waals surface area (Å²) >= 11 is 0. The van der Waals surface area contributed by atoms with Crippen molar-refractivity contribution in [2.75, 3.05) is 0 Å². The fraction of sp³-hybridized carbons (Fsp3) is 0. The smallest absolute Gasteiger partial charge is 1.00 e. The van der Waals surface area contributed by atoms with Crippen LogP contribution >= 0.6 is 0 Å². The van der Waals surface area contributed by atoms with E-state index in [1.165, 1.54) is 0 Å². The summed E-state index contributed by atoms with van der Waals surface area (Å²) in [6, 6.07) is 0. The van der Waals surface area contributed by atoms with Crippen LogP contribution in [0.15, 0.2) is 0 Å². The van der Waals surface area contributed by atoms with Gasteiger partial charge in [-0.15, -0.1) is 0 Å². The zero-order chi connectivity index (χ0) is 0. The third-order valence-electron chi connectivity index (χ3n) is 0. The molecule has 0 amide bonds. The Morgan fingerprint density at radius 1 is 0.400 bits per heavy atom. The second-order valence-corrected chi connectivity index (χ2v) is 0. The van der Waals surface area contributed by atoms with E-state index in [4.69, 9.17) is 0 Å². The van der Waals surface area contributed by atoms with Crippen LogP contribution in [0.3, 0.4) is 0 Å². The molecule has 0 spiro atoms. The molecule has 0 aliphatic rings. The fourth-order valence-corrected chi connectivity index (χ4v) is 0. The largest absolute Gasteiger partial charge is 4.00 e. The molecule has 5 heteroatoms. The van der Waals surface area contributed by atoms with Gasteiger partial charge < -0.3 is 67.9 Å². The van der Waals surface area contributed by atoms with E-state index in [0.29, 0.717) is 0 Å². The van der Waals surface area contributed by atoms with Gasteiger partial charge >= 0.3 is 20.1 Å². The third-order valence-corrected chi connectivity index (χ3v) is 0. The van der Waals surface area contributed by atoms with E-state index in [9.17, 15) is 0 Å². The maximum absolute atomic E-state index is 0. The van der Waals surface area contributed by atoms with Crippen molar-refractivity contribution < 1.29 is 88.0 Å². The van der Waals surface area contributed by atoms with Crippen LogP contribution in [-0.4, -0.2) is 0 Å². The molecule has 0 aromatic heterocycles. The summed E-state index contributed by atoms with van der Waals surface area (Å²) in [5, 5.41) is 0. The molecule has 0 fully saturated rings. The van der Waals surface area contributed by atoms with Crippen molar-refractivity contribution in [3.8, 4) is 0 Å². The molecule has 0 N–H and O–H groups in total. The van der Waals surface area contributed by atoms with E-state index in [-0.39, 0.29) is 88.0 Å². The minimum atomic E-state index is 0. The van der Waals surface area contributed by atoms with Gasteiger partial charge in [0.15, 0.2) is 0 Å². The topological polar surface area (TPSA) is 0 Å². The first kappa shape index (κ1) is 49.5. The Balaban J connectivity index is 0. The third kappa shape index (κ3) is 20.8. The standard InChI is InChI=1S/4BrH.Ir/h4*1H;/q;;;;+4/p-4. The van der Waals surface area contributed by atoms with Crippen molar-refractivity contribution in [1.29, 1.82) is 0 Å². The van der Waals surface area contributed by atoms with Crippen molar-refractivity contribution in [1.82, 2.24) is 0 Å². The summed E-state index contributed by atoms with van der Waals surface area (Å²) in [7, 11) is 0. The molecule has 0 atom stereocenters. The van der Waals surface area contributed by atoms with Gasteiger partial charge in [-0.25, -0.2) is 0 Å². The molecule has 1 radical (unpaired) electrons. The molecule has 0 saturated heterocycles. The summed E-state index contributed by atoms with van der Waals surface area (Å²) in [4.78, 5) is 0. The van der Waals surface area contributed by atoms with Gasteiger partial charge in [0.25, 0.3) is 0 Å². The monoisotopic (exact) mass is 509 g/mol. The molecule has 0 aliphatic carbocycles. The van der Waals surface area contributed by atoms with Crippen LogP contribution < -0.4 is 67.9 Å². The second kappa shape index (κ2) is 30.9. The Labute approximate surface area is 86.9 Å². The summed E-state index contributed by atoms with van der Waals surface area (Å²) in [5.41, 5.74) is 0. The van der Waals surface area contributed by atoms with E-state index in [2.05, 4.69) is 0 Å². The van der Waals surface area contributed by atoms with Gasteiger partial charge in [0, 0.05) is 0 Å². The van der Waals surface area contributed by atoms with Gasteiger partial charge in [-0.3, -0.25) is 0 Å². The van der Waals surface area contributed by atoms with E-state index in [1.807, 2.05) is 0 Å². The number of hydrogen-bond acceptors (Lipinski definition) is 0. The minimum Gasteiger partial charge on any atom is -1.00 e. The van der Waals surface area contributed by atoms with E-state index < -0.39 is 0 Å². The van der Waals surface area contributed by atoms with Crippen LogP contribution in [0.2, 0.25) is 0 Å². The Morgan fingerprint density at radius 2 is 0.400 bits per heavy atom. The molecule has 0 unspecified atom stereocenters. The Hall–Kier alpha value is 2.57. The molecule has 0 rings (SSSR count). The minimum absolute atomic E-state index is 0. The van der Waals surface area contributed by atoms with Crippen LogP contribution in [0.4, 0.5) is 0 Å². The van der Waals surface area contributed by atoms with Gasteiger partial charge in [0.2, 0.25) is 0 Å². The van der Waals surface area contributed by atoms with E-state index in [0.717, 1.165) is 0 Å². The predicted molar refractivity (Wildman–Crippen MR) is 0 cm³/mol. The normalized spacial score (nSPS) is 0. The maximum Gasteiger partial charge on any atom is 4.00 e. The average Bonchev–Trinajstić information content (AvgIpc) is 0. The second-order valence-electron chi connectivity index (χ2n) is 0. The SMILES string of the molecule is [Br-].[Br-].[Br-].[Br-].[Ir+4]. The predicted octanol–water partition coefficient (Wildman–Crippen LogP) is -12.0. The van der Waals surface area contributed by atoms with Crippen LogP contribution in [0.1, 0.15) is 0 Å². The summed E-state index contributed by atoms with van der Waals surface area (Å²) in [5.74, 6) is 0. The van der Waals surface area contributed by atoms with Crippen molar-refractivity contribution in [3.05, 3.63) is 0 Å². The van der Waals surface area contributed by atoms with Crippen LogP contribution in [0, 0.1) is 0 Å². The number of hydrogen-bond donors (Lipinski definition) is 0. The van der Waals surface area contributed by atoms with Crippen molar-refractivity contribution in [2.24, 2.45) is 0 Å². The molecule has 0 saturated carbocycles. The zero-order valence-electron chi connectivity index (χ0n) is 1.85. The summed E-state index contributed by atoms with van der Waals surface area (Å²) in [6.07, 6.45) is 0. The van der Waals surface area contributed by atoms with Gasteiger partial charge in [0.1, 0.15) is 0 Å². The number of rotatable bonds is 0. The van der Waals surface area contributed by atoms with Crippen molar-refractivity contribution in [3.63, 3.8) is 0 Å². The van der Waals surface area contributed by atoms with Gasteiger partial charge in [-0.2, -0.15) is 0 Å². The summed E-state index contributed by atoms with van der Waals surface area (Å²) < 4.78 is 0. The molecule has 0 aromatic carbocycles. The average molecular weight is 512 g/mol. The first-order valence-corrected chi connectivity index (χ1v) is 0. The molecule has 37 valence electrons. The molecule has 0 nitrogen and oxygen atoms in total. The van der Waals surface area contributed by atoms with Gasteiger partial charge in [-0.05, 0) is 0 Å². The molecular weight excluding hydrogens is 512 g/mol. The Morgan fingerprint density at radius 3 is 0.400 bits per heavy atom. The van der Waals surface area contributed by atoms with Gasteiger partial charge in [0.05, 0.1) is 0 Å². The molecule has 0 heterocycles. The number of halogens is 4. The first-order chi connectivity index (χ1) is 0. The summed E-state index contributed by atoms with van der Waals surface area (Å²) in [6.45, 7) is 0. The molecule has 0 aromatic rings. The molecule has 5 heavy (non-hydrogen) atoms. The maximum atomic E-state index is 0. The van der Waals surface area contributed by atoms with Crippen LogP contribution in [0.5, 0.6) is 0 Å². The fourth-order valence-electron chi connectivity index (χ4n) is 0. The van der Waals surface area contributed by atoms with E-state index >= 15 is 0 Å². The van der Waals surface area contributed by atoms with E-state index in [1.54, 1.807) is 0 Å². The van der Waals surface area contributed by atoms with Gasteiger partial charge in [-0.1, -0.05) is 0 Å². The first-order valence-electron chi connectivity index (χ1n) is 0. The Kier molecular flexibility index (Phi) is 305.